The molecule has 0 spiro atoms. The van der Waals surface area contributed by atoms with Crippen LogP contribution in [-0.2, 0) is 4.74 Å². The average Bonchev–Trinajstić information content (AvgIpc) is 2.81. The van der Waals surface area contributed by atoms with Gasteiger partial charge in [0.15, 0.2) is 0 Å². The van der Waals surface area contributed by atoms with Gasteiger partial charge in [-0.2, -0.15) is 0 Å². The van der Waals surface area contributed by atoms with Gasteiger partial charge >= 0.3 is 6.09 Å². The Kier molecular flexibility index (Phi) is 11.2. The van der Waals surface area contributed by atoms with Crippen LogP contribution in [0.2, 0.25) is 0 Å². The third-order valence-corrected chi connectivity index (χ3v) is 4.83. The number of carbonyl (C=O) groups is 1. The topological polar surface area (TPSA) is 50.8 Å². The quantitative estimate of drug-likeness (QED) is 0.474. The lowest BCUT2D eigenvalue weighted by molar-refractivity contribution is 0.0569. The molecule has 27 heavy (non-hydrogen) atoms. The molecule has 1 aromatic carbocycles. The fourth-order valence-corrected chi connectivity index (χ4v) is 3.48. The molecule has 1 fully saturated rings. The van der Waals surface area contributed by atoms with Crippen molar-refractivity contribution in [2.75, 3.05) is 32.6 Å². The van der Waals surface area contributed by atoms with E-state index in [-0.39, 0.29) is 24.6 Å². The van der Waals surface area contributed by atoms with Gasteiger partial charge in [-0.05, 0) is 51.9 Å². The number of anilines is 1. The normalized spacial score (nSPS) is 19.7. The Morgan fingerprint density at radius 2 is 1.93 bits per heavy atom. The van der Waals surface area contributed by atoms with Crippen LogP contribution in [0.5, 0.6) is 5.75 Å². The van der Waals surface area contributed by atoms with Gasteiger partial charge in [-0.3, -0.25) is 5.32 Å². The number of amides is 1. The summed E-state index contributed by atoms with van der Waals surface area (Å²) >= 11 is 0. The summed E-state index contributed by atoms with van der Waals surface area (Å²) in [5.41, 5.74) is 0.673. The Labute approximate surface area is 170 Å². The molecule has 1 aromatic rings. The van der Waals surface area contributed by atoms with Gasteiger partial charge in [0.1, 0.15) is 11.9 Å². The molecule has 0 aliphatic heterocycles. The van der Waals surface area contributed by atoms with E-state index in [0.717, 1.165) is 38.6 Å². The van der Waals surface area contributed by atoms with Gasteiger partial charge in [-0.25, -0.2) is 4.79 Å². The molecule has 0 radical (unpaired) electrons. The molecule has 154 valence electrons. The van der Waals surface area contributed by atoms with Crippen molar-refractivity contribution in [3.8, 4) is 5.75 Å². The molecular formula is C21H35ClN2O3. The highest BCUT2D eigenvalue weighted by atomic mass is 35.5. The van der Waals surface area contributed by atoms with Crippen molar-refractivity contribution in [1.29, 1.82) is 0 Å². The zero-order chi connectivity index (χ0) is 18.8. The molecule has 1 amide bonds. The van der Waals surface area contributed by atoms with Crippen LogP contribution in [0.25, 0.3) is 0 Å². The van der Waals surface area contributed by atoms with Gasteiger partial charge in [0.05, 0.1) is 12.3 Å². The Balaban J connectivity index is 0.00000364. The number of halogens is 1. The minimum absolute atomic E-state index is 0. The first-order chi connectivity index (χ1) is 12.6. The third kappa shape index (κ3) is 8.39. The number of para-hydroxylation sites is 2. The molecule has 1 aliphatic rings. The van der Waals surface area contributed by atoms with Gasteiger partial charge in [0.2, 0.25) is 0 Å². The van der Waals surface area contributed by atoms with E-state index >= 15 is 0 Å². The van der Waals surface area contributed by atoms with Crippen molar-refractivity contribution in [3.05, 3.63) is 24.3 Å². The molecule has 0 saturated heterocycles. The van der Waals surface area contributed by atoms with Crippen LogP contribution in [0.3, 0.4) is 0 Å². The van der Waals surface area contributed by atoms with E-state index in [1.54, 1.807) is 0 Å². The fourth-order valence-electron chi connectivity index (χ4n) is 3.48. The van der Waals surface area contributed by atoms with Gasteiger partial charge in [-0.15, -0.1) is 12.4 Å². The van der Waals surface area contributed by atoms with E-state index < -0.39 is 0 Å². The van der Waals surface area contributed by atoms with Crippen molar-refractivity contribution in [2.45, 2.75) is 58.0 Å². The first-order valence-corrected chi connectivity index (χ1v) is 9.94. The van der Waals surface area contributed by atoms with Crippen LogP contribution in [-0.4, -0.2) is 44.3 Å². The number of hydrogen-bond acceptors (Lipinski definition) is 4. The van der Waals surface area contributed by atoms with E-state index in [0.29, 0.717) is 24.0 Å². The van der Waals surface area contributed by atoms with Gasteiger partial charge in [0.25, 0.3) is 0 Å². The molecular weight excluding hydrogens is 364 g/mol. The maximum Gasteiger partial charge on any atom is 0.412 e. The molecule has 5 nitrogen and oxygen atoms in total. The number of ether oxygens (including phenoxy) is 2. The van der Waals surface area contributed by atoms with E-state index in [2.05, 4.69) is 31.2 Å². The van der Waals surface area contributed by atoms with Crippen molar-refractivity contribution in [2.24, 2.45) is 5.92 Å². The van der Waals surface area contributed by atoms with Crippen molar-refractivity contribution in [3.63, 3.8) is 0 Å². The van der Waals surface area contributed by atoms with Gasteiger partial charge in [0, 0.05) is 12.5 Å². The first-order valence-electron chi connectivity index (χ1n) is 9.94. The summed E-state index contributed by atoms with van der Waals surface area (Å²) in [6.07, 6.45) is 7.29. The van der Waals surface area contributed by atoms with Crippen LogP contribution < -0.4 is 10.1 Å². The molecule has 2 atom stereocenters. The molecule has 0 aromatic heterocycles. The summed E-state index contributed by atoms with van der Waals surface area (Å²) in [4.78, 5) is 14.7. The van der Waals surface area contributed by atoms with E-state index in [4.69, 9.17) is 9.47 Å². The number of benzene rings is 1. The molecule has 6 heteroatoms. The lowest BCUT2D eigenvalue weighted by Crippen LogP contribution is -2.34. The van der Waals surface area contributed by atoms with Gasteiger partial charge < -0.3 is 14.4 Å². The molecule has 2 rings (SSSR count). The number of nitrogens with one attached hydrogen (secondary N) is 1. The standard InChI is InChI=1S/C21H34N2O3.ClH/c1-4-5-15-25-20-14-10-9-12-18(20)22-21(24)26-19-13-8-6-7-11-17(19)16-23(2)3;/h9-10,12,14,17,19H,4-8,11,13,15-16H2,1-3H3,(H,22,24);1H/t17-,19-;/m1./s1. The highest BCUT2D eigenvalue weighted by molar-refractivity contribution is 5.86. The lowest BCUT2D eigenvalue weighted by atomic mass is 9.97. The summed E-state index contributed by atoms with van der Waals surface area (Å²) in [5.74, 6) is 1.10. The average molecular weight is 399 g/mol. The number of rotatable bonds is 8. The predicted molar refractivity (Wildman–Crippen MR) is 113 cm³/mol. The molecule has 1 N–H and O–H groups in total. The van der Waals surface area contributed by atoms with Gasteiger partial charge in [-0.1, -0.05) is 38.3 Å². The SMILES string of the molecule is CCCCOc1ccccc1NC(=O)O[C@@H]1CCCCC[C@@H]1CN(C)C.Cl. The fraction of sp³-hybridized carbons (Fsp3) is 0.667. The second-order valence-electron chi connectivity index (χ2n) is 7.43. The minimum atomic E-state index is -0.382. The van der Waals surface area contributed by atoms with Crippen LogP contribution >= 0.6 is 12.4 Å². The van der Waals surface area contributed by atoms with E-state index in [9.17, 15) is 4.79 Å². The minimum Gasteiger partial charge on any atom is -0.491 e. The lowest BCUT2D eigenvalue weighted by Gasteiger charge is -2.27. The Morgan fingerprint density at radius 1 is 1.19 bits per heavy atom. The zero-order valence-corrected chi connectivity index (χ0v) is 17.7. The highest BCUT2D eigenvalue weighted by Gasteiger charge is 2.27. The van der Waals surface area contributed by atoms with E-state index in [1.165, 1.54) is 12.8 Å². The smallest absolute Gasteiger partial charge is 0.412 e. The summed E-state index contributed by atoms with van der Waals surface area (Å²) in [6.45, 7) is 3.73. The van der Waals surface area contributed by atoms with Crippen LogP contribution in [0, 0.1) is 5.92 Å². The molecule has 0 bridgehead atoms. The third-order valence-electron chi connectivity index (χ3n) is 4.83. The number of carbonyl (C=O) groups excluding carboxylic acids is 1. The molecule has 1 aliphatic carbocycles. The predicted octanol–water partition coefficient (Wildman–Crippen LogP) is 5.35. The summed E-state index contributed by atoms with van der Waals surface area (Å²) in [5, 5.41) is 2.88. The molecule has 0 heterocycles. The summed E-state index contributed by atoms with van der Waals surface area (Å²) in [7, 11) is 4.15. The number of unbranched alkanes of at least 4 members (excludes halogenated alkanes) is 1. The Hall–Kier alpha value is -1.46. The molecule has 0 unspecified atom stereocenters. The second kappa shape index (κ2) is 12.8. The van der Waals surface area contributed by atoms with Crippen molar-refractivity contribution >= 4 is 24.2 Å². The number of hydrogen-bond donors (Lipinski definition) is 1. The van der Waals surface area contributed by atoms with Crippen LogP contribution in [0.1, 0.15) is 51.9 Å². The van der Waals surface area contributed by atoms with Crippen molar-refractivity contribution in [1.82, 2.24) is 4.90 Å². The maximum absolute atomic E-state index is 12.5. The second-order valence-corrected chi connectivity index (χ2v) is 7.43. The monoisotopic (exact) mass is 398 g/mol. The van der Waals surface area contributed by atoms with Crippen LogP contribution in [0.15, 0.2) is 24.3 Å². The maximum atomic E-state index is 12.5. The largest absolute Gasteiger partial charge is 0.491 e. The first kappa shape index (κ1) is 23.6. The Morgan fingerprint density at radius 3 is 2.67 bits per heavy atom. The zero-order valence-electron chi connectivity index (χ0n) is 16.9. The van der Waals surface area contributed by atoms with Crippen LogP contribution in [0.4, 0.5) is 10.5 Å². The summed E-state index contributed by atoms with van der Waals surface area (Å²) < 4.78 is 11.6. The highest BCUT2D eigenvalue weighted by Crippen LogP contribution is 2.28. The molecule has 1 saturated carbocycles. The number of nitrogens with zero attached hydrogens (tertiary/aromatic N) is 1. The van der Waals surface area contributed by atoms with E-state index in [1.807, 2.05) is 24.3 Å². The summed E-state index contributed by atoms with van der Waals surface area (Å²) in [6, 6.07) is 7.54. The van der Waals surface area contributed by atoms with Crippen molar-refractivity contribution < 1.29 is 14.3 Å². The Bertz CT molecular complexity index is 554.